The Kier molecular flexibility index (Phi) is 7.10. The van der Waals surface area contributed by atoms with Gasteiger partial charge in [0.15, 0.2) is 0 Å². The van der Waals surface area contributed by atoms with Gasteiger partial charge >= 0.3 is 12.1 Å². The summed E-state index contributed by atoms with van der Waals surface area (Å²) in [4.78, 5) is 40.4. The Morgan fingerprint density at radius 3 is 2.17 bits per heavy atom. The molecular weight excluding hydrogens is 446 g/mol. The van der Waals surface area contributed by atoms with Gasteiger partial charge in [-0.2, -0.15) is 0 Å². The lowest BCUT2D eigenvalue weighted by Crippen LogP contribution is -2.48. The zero-order valence-electron chi connectivity index (χ0n) is 19.5. The van der Waals surface area contributed by atoms with Gasteiger partial charge in [-0.05, 0) is 40.3 Å². The molecule has 0 aliphatic heterocycles. The largest absolute Gasteiger partial charge is 0.477 e. The Morgan fingerprint density at radius 2 is 1.63 bits per heavy atom. The first-order chi connectivity index (χ1) is 16.9. The Morgan fingerprint density at radius 1 is 1.00 bits per heavy atom. The van der Waals surface area contributed by atoms with E-state index in [4.69, 9.17) is 9.84 Å². The van der Waals surface area contributed by atoms with Crippen molar-refractivity contribution in [2.75, 3.05) is 11.9 Å². The van der Waals surface area contributed by atoms with Gasteiger partial charge < -0.3 is 20.5 Å². The number of rotatable bonds is 8. The molecule has 1 heterocycles. The van der Waals surface area contributed by atoms with Gasteiger partial charge in [-0.25, -0.2) is 14.6 Å². The summed E-state index contributed by atoms with van der Waals surface area (Å²) in [5.41, 5.74) is 4.69. The summed E-state index contributed by atoms with van der Waals surface area (Å²) >= 11 is 0. The Hall–Kier alpha value is -4.20. The van der Waals surface area contributed by atoms with Crippen LogP contribution < -0.4 is 10.6 Å². The maximum Gasteiger partial charge on any atom is 0.407 e. The molecule has 2 aromatic carbocycles. The second kappa shape index (κ2) is 10.4. The van der Waals surface area contributed by atoms with Crippen LogP contribution in [-0.4, -0.2) is 40.7 Å². The topological polar surface area (TPSA) is 118 Å². The van der Waals surface area contributed by atoms with Crippen LogP contribution in [0.2, 0.25) is 0 Å². The van der Waals surface area contributed by atoms with Crippen LogP contribution in [0.1, 0.15) is 47.8 Å². The first kappa shape index (κ1) is 23.9. The Balaban J connectivity index is 1.42. The van der Waals surface area contributed by atoms with Crippen LogP contribution in [0.4, 0.5) is 10.5 Å². The number of aromatic nitrogens is 1. The molecule has 0 spiro atoms. The molecule has 1 aliphatic carbocycles. The van der Waals surface area contributed by atoms with Crippen LogP contribution in [0, 0.1) is 5.92 Å². The molecule has 2 unspecified atom stereocenters. The number of amides is 2. The third-order valence-electron chi connectivity index (χ3n) is 6.36. The van der Waals surface area contributed by atoms with Crippen molar-refractivity contribution in [2.45, 2.75) is 32.2 Å². The van der Waals surface area contributed by atoms with Gasteiger partial charge in [-0.15, -0.1) is 0 Å². The zero-order valence-corrected chi connectivity index (χ0v) is 19.5. The minimum atomic E-state index is -1.16. The molecule has 0 saturated carbocycles. The zero-order chi connectivity index (χ0) is 24.9. The molecule has 0 radical (unpaired) electrons. The maximum absolute atomic E-state index is 12.9. The van der Waals surface area contributed by atoms with Gasteiger partial charge in [0.25, 0.3) is 0 Å². The molecule has 8 heteroatoms. The lowest BCUT2D eigenvalue weighted by atomic mass is 9.98. The van der Waals surface area contributed by atoms with Crippen molar-refractivity contribution in [1.29, 1.82) is 0 Å². The molecular formula is C27H27N3O5. The van der Waals surface area contributed by atoms with Gasteiger partial charge in [0, 0.05) is 5.92 Å². The fourth-order valence-corrected chi connectivity index (χ4v) is 4.28. The molecule has 180 valence electrons. The number of nitrogens with zero attached hydrogens (tertiary/aromatic N) is 1. The second-order valence-corrected chi connectivity index (χ2v) is 8.56. The van der Waals surface area contributed by atoms with Gasteiger partial charge in [0.1, 0.15) is 18.3 Å². The van der Waals surface area contributed by atoms with Crippen molar-refractivity contribution >= 4 is 23.7 Å². The van der Waals surface area contributed by atoms with Crippen LogP contribution in [0.5, 0.6) is 0 Å². The van der Waals surface area contributed by atoms with Crippen molar-refractivity contribution in [3.8, 4) is 11.1 Å². The SMILES string of the molecule is CCC(C)C(NC(=O)OCC1c2ccccc2-c2ccccc21)C(=O)Nc1ccc(C(=O)O)nc1. The van der Waals surface area contributed by atoms with E-state index in [0.29, 0.717) is 12.1 Å². The Labute approximate surface area is 203 Å². The smallest absolute Gasteiger partial charge is 0.407 e. The summed E-state index contributed by atoms with van der Waals surface area (Å²) in [6, 6.07) is 18.1. The molecule has 1 aromatic heterocycles. The molecule has 3 aromatic rings. The van der Waals surface area contributed by atoms with Gasteiger partial charge in [0.05, 0.1) is 11.9 Å². The average Bonchev–Trinajstić information content (AvgIpc) is 3.19. The number of carboxylic acids is 1. The standard InChI is InChI=1S/C27H27N3O5/c1-3-16(2)24(25(31)29-17-12-13-23(26(32)33)28-14-17)30-27(34)35-15-22-20-10-6-4-8-18(20)19-9-5-7-11-21(19)22/h4-14,16,22,24H,3,15H2,1-2H3,(H,29,31)(H,30,34)(H,32,33). The second-order valence-electron chi connectivity index (χ2n) is 8.56. The van der Waals surface area contributed by atoms with E-state index in [2.05, 4.69) is 27.8 Å². The third kappa shape index (κ3) is 5.16. The van der Waals surface area contributed by atoms with E-state index in [-0.39, 0.29) is 24.1 Å². The fraction of sp³-hybridized carbons (Fsp3) is 0.259. The van der Waals surface area contributed by atoms with Crippen LogP contribution >= 0.6 is 0 Å². The molecule has 8 nitrogen and oxygen atoms in total. The molecule has 4 rings (SSSR count). The summed E-state index contributed by atoms with van der Waals surface area (Å²) in [6.07, 6.45) is 1.24. The highest BCUT2D eigenvalue weighted by molar-refractivity contribution is 5.97. The van der Waals surface area contributed by atoms with Crippen molar-refractivity contribution in [3.05, 3.63) is 83.7 Å². The summed E-state index contributed by atoms with van der Waals surface area (Å²) in [6.45, 7) is 3.93. The van der Waals surface area contributed by atoms with Gasteiger partial charge in [0.2, 0.25) is 5.91 Å². The number of hydrogen-bond donors (Lipinski definition) is 3. The van der Waals surface area contributed by atoms with E-state index < -0.39 is 24.0 Å². The van der Waals surface area contributed by atoms with Crippen LogP contribution in [0.15, 0.2) is 66.9 Å². The number of carboxylic acid groups (broad SMARTS) is 1. The highest BCUT2D eigenvalue weighted by Gasteiger charge is 2.31. The molecule has 0 saturated heterocycles. The molecule has 1 aliphatic rings. The quantitative estimate of drug-likeness (QED) is 0.438. The summed E-state index contributed by atoms with van der Waals surface area (Å²) in [5, 5.41) is 14.4. The average molecular weight is 474 g/mol. The summed E-state index contributed by atoms with van der Waals surface area (Å²) in [7, 11) is 0. The minimum absolute atomic E-state index is 0.0807. The summed E-state index contributed by atoms with van der Waals surface area (Å²) in [5.74, 6) is -1.83. The van der Waals surface area contributed by atoms with E-state index in [0.717, 1.165) is 22.3 Å². The minimum Gasteiger partial charge on any atom is -0.477 e. The highest BCUT2D eigenvalue weighted by atomic mass is 16.5. The predicted octanol–water partition coefficient (Wildman–Crippen LogP) is 4.67. The number of ether oxygens (including phenoxy) is 1. The van der Waals surface area contributed by atoms with Crippen molar-refractivity contribution < 1.29 is 24.2 Å². The monoisotopic (exact) mass is 473 g/mol. The number of fused-ring (bicyclic) bond motifs is 3. The lowest BCUT2D eigenvalue weighted by molar-refractivity contribution is -0.119. The number of alkyl carbamates (subject to hydrolysis) is 1. The first-order valence-electron chi connectivity index (χ1n) is 11.5. The number of pyridine rings is 1. The van der Waals surface area contributed by atoms with Crippen LogP contribution in [0.25, 0.3) is 11.1 Å². The van der Waals surface area contributed by atoms with E-state index in [9.17, 15) is 14.4 Å². The van der Waals surface area contributed by atoms with Crippen molar-refractivity contribution in [1.82, 2.24) is 10.3 Å². The van der Waals surface area contributed by atoms with E-state index in [1.807, 2.05) is 50.2 Å². The number of hydrogen-bond acceptors (Lipinski definition) is 5. The van der Waals surface area contributed by atoms with E-state index >= 15 is 0 Å². The van der Waals surface area contributed by atoms with E-state index in [1.165, 1.54) is 18.3 Å². The molecule has 2 atom stereocenters. The van der Waals surface area contributed by atoms with Crippen LogP contribution in [0.3, 0.4) is 0 Å². The predicted molar refractivity (Wildman–Crippen MR) is 131 cm³/mol. The number of aromatic carboxylic acids is 1. The van der Waals surface area contributed by atoms with Gasteiger partial charge in [-0.3, -0.25) is 4.79 Å². The highest BCUT2D eigenvalue weighted by Crippen LogP contribution is 2.44. The maximum atomic E-state index is 12.9. The molecule has 0 fully saturated rings. The molecule has 0 bridgehead atoms. The van der Waals surface area contributed by atoms with Crippen molar-refractivity contribution in [3.63, 3.8) is 0 Å². The van der Waals surface area contributed by atoms with Crippen LogP contribution in [-0.2, 0) is 9.53 Å². The normalized spacial score (nSPS) is 13.8. The fourth-order valence-electron chi connectivity index (χ4n) is 4.28. The van der Waals surface area contributed by atoms with Gasteiger partial charge in [-0.1, -0.05) is 68.8 Å². The number of benzene rings is 2. The Bertz CT molecular complexity index is 1200. The summed E-state index contributed by atoms with van der Waals surface area (Å²) < 4.78 is 5.60. The van der Waals surface area contributed by atoms with Crippen molar-refractivity contribution in [2.24, 2.45) is 5.92 Å². The van der Waals surface area contributed by atoms with E-state index in [1.54, 1.807) is 0 Å². The first-order valence-corrected chi connectivity index (χ1v) is 11.5. The number of carbonyl (C=O) groups excluding carboxylic acids is 2. The molecule has 3 N–H and O–H groups in total. The third-order valence-corrected chi connectivity index (χ3v) is 6.36. The lowest BCUT2D eigenvalue weighted by Gasteiger charge is -2.24. The number of anilines is 1. The molecule has 2 amide bonds. The number of nitrogens with one attached hydrogen (secondary N) is 2. The molecule has 35 heavy (non-hydrogen) atoms. The number of carbonyl (C=O) groups is 3.